The third-order valence-corrected chi connectivity index (χ3v) is 4.65. The minimum Gasteiger partial charge on any atom is -0.481 e. The maximum Gasteiger partial charge on any atom is 0.303 e. The van der Waals surface area contributed by atoms with E-state index in [-0.39, 0.29) is 18.6 Å². The second-order valence-corrected chi connectivity index (χ2v) is 7.14. The molecule has 0 aromatic heterocycles. The van der Waals surface area contributed by atoms with Gasteiger partial charge in [-0.05, 0) is 32.1 Å². The van der Waals surface area contributed by atoms with Crippen molar-refractivity contribution in [3.63, 3.8) is 0 Å². The maximum absolute atomic E-state index is 10.4. The van der Waals surface area contributed by atoms with Gasteiger partial charge in [0.1, 0.15) is 0 Å². The van der Waals surface area contributed by atoms with Gasteiger partial charge >= 0.3 is 5.97 Å². The Morgan fingerprint density at radius 2 is 1.08 bits per heavy atom. The number of hydrogen-bond acceptors (Lipinski definition) is 3. The zero-order chi connectivity index (χ0) is 18.0. The monoisotopic (exact) mass is 344 g/mol. The molecule has 0 amide bonds. The summed E-state index contributed by atoms with van der Waals surface area (Å²) in [6, 6.07) is 0. The SMILES string of the molecule is CCCCCCCC(O)CCC(O)CCCCCCCCC(=O)O. The Labute approximate surface area is 148 Å². The van der Waals surface area contributed by atoms with Gasteiger partial charge in [0.25, 0.3) is 0 Å². The van der Waals surface area contributed by atoms with Crippen molar-refractivity contribution in [2.75, 3.05) is 0 Å². The van der Waals surface area contributed by atoms with Crippen LogP contribution < -0.4 is 0 Å². The van der Waals surface area contributed by atoms with Gasteiger partial charge in [-0.2, -0.15) is 0 Å². The first-order valence-electron chi connectivity index (χ1n) is 10.1. The molecule has 0 aliphatic heterocycles. The fourth-order valence-corrected chi connectivity index (χ4v) is 3.02. The van der Waals surface area contributed by atoms with E-state index in [1.807, 2.05) is 0 Å². The standard InChI is InChI=1S/C20H40O4/c1-2-3-4-7-10-13-18(21)16-17-19(22)14-11-8-5-6-9-12-15-20(23)24/h18-19,21-22H,2-17H2,1H3,(H,23,24). The molecule has 4 heteroatoms. The smallest absolute Gasteiger partial charge is 0.303 e. The average molecular weight is 345 g/mol. The van der Waals surface area contributed by atoms with Gasteiger partial charge in [-0.15, -0.1) is 0 Å². The van der Waals surface area contributed by atoms with E-state index in [0.29, 0.717) is 12.8 Å². The number of unbranched alkanes of at least 4 members (excludes halogenated alkanes) is 9. The maximum atomic E-state index is 10.4. The lowest BCUT2D eigenvalue weighted by Gasteiger charge is -2.14. The molecule has 0 spiro atoms. The second-order valence-electron chi connectivity index (χ2n) is 7.14. The van der Waals surface area contributed by atoms with E-state index in [1.165, 1.54) is 25.7 Å². The van der Waals surface area contributed by atoms with Crippen LogP contribution >= 0.6 is 0 Å². The Morgan fingerprint density at radius 1 is 0.667 bits per heavy atom. The summed E-state index contributed by atoms with van der Waals surface area (Å²) in [7, 11) is 0. The van der Waals surface area contributed by atoms with Crippen molar-refractivity contribution >= 4 is 5.97 Å². The quantitative estimate of drug-likeness (QED) is 0.304. The van der Waals surface area contributed by atoms with Crippen molar-refractivity contribution in [2.24, 2.45) is 0 Å². The van der Waals surface area contributed by atoms with Crippen molar-refractivity contribution in [3.05, 3.63) is 0 Å². The summed E-state index contributed by atoms with van der Waals surface area (Å²) in [5.74, 6) is -0.707. The largest absolute Gasteiger partial charge is 0.481 e. The Hall–Kier alpha value is -0.610. The number of carboxylic acid groups (broad SMARTS) is 1. The van der Waals surface area contributed by atoms with Gasteiger partial charge in [0.2, 0.25) is 0 Å². The van der Waals surface area contributed by atoms with Gasteiger partial charge in [0.05, 0.1) is 12.2 Å². The molecule has 0 bridgehead atoms. The Kier molecular flexibility index (Phi) is 16.8. The molecule has 0 saturated carbocycles. The fourth-order valence-electron chi connectivity index (χ4n) is 3.02. The van der Waals surface area contributed by atoms with Gasteiger partial charge in [0.15, 0.2) is 0 Å². The van der Waals surface area contributed by atoms with E-state index in [1.54, 1.807) is 0 Å². The predicted molar refractivity (Wildman–Crippen MR) is 99.2 cm³/mol. The first-order valence-corrected chi connectivity index (χ1v) is 10.1. The van der Waals surface area contributed by atoms with Crippen molar-refractivity contribution in [3.8, 4) is 0 Å². The van der Waals surface area contributed by atoms with E-state index in [4.69, 9.17) is 5.11 Å². The molecule has 2 atom stereocenters. The molecule has 144 valence electrons. The number of carboxylic acids is 1. The lowest BCUT2D eigenvalue weighted by Crippen LogP contribution is -2.13. The van der Waals surface area contributed by atoms with Crippen molar-refractivity contribution in [1.29, 1.82) is 0 Å². The van der Waals surface area contributed by atoms with Crippen LogP contribution in [0, 0.1) is 0 Å². The first kappa shape index (κ1) is 23.4. The number of aliphatic carboxylic acids is 1. The third-order valence-electron chi connectivity index (χ3n) is 4.65. The highest BCUT2D eigenvalue weighted by atomic mass is 16.4. The van der Waals surface area contributed by atoms with Gasteiger partial charge < -0.3 is 15.3 Å². The summed E-state index contributed by atoms with van der Waals surface area (Å²) in [4.78, 5) is 10.4. The molecule has 0 aliphatic carbocycles. The van der Waals surface area contributed by atoms with Crippen LogP contribution in [0.4, 0.5) is 0 Å². The van der Waals surface area contributed by atoms with Crippen molar-refractivity contribution < 1.29 is 20.1 Å². The summed E-state index contributed by atoms with van der Waals surface area (Å²) in [6.45, 7) is 2.20. The lowest BCUT2D eigenvalue weighted by atomic mass is 10.00. The number of aliphatic hydroxyl groups excluding tert-OH is 2. The van der Waals surface area contributed by atoms with Crippen LogP contribution in [0.3, 0.4) is 0 Å². The number of hydrogen-bond donors (Lipinski definition) is 3. The van der Waals surface area contributed by atoms with E-state index in [2.05, 4.69) is 6.92 Å². The summed E-state index contributed by atoms with van der Waals surface area (Å²) in [5, 5.41) is 28.4. The molecule has 0 aromatic rings. The molecule has 0 aromatic carbocycles. The number of rotatable bonds is 18. The Bertz CT molecular complexity index is 281. The molecule has 2 unspecified atom stereocenters. The van der Waals surface area contributed by atoms with E-state index < -0.39 is 5.97 Å². The molecule has 3 N–H and O–H groups in total. The molecule has 0 heterocycles. The van der Waals surface area contributed by atoms with E-state index >= 15 is 0 Å². The Balaban J connectivity index is 3.33. The normalized spacial score (nSPS) is 13.8. The molecule has 24 heavy (non-hydrogen) atoms. The predicted octanol–water partition coefficient (Wildman–Crippen LogP) is 5.05. The van der Waals surface area contributed by atoms with E-state index in [9.17, 15) is 15.0 Å². The highest BCUT2D eigenvalue weighted by molar-refractivity contribution is 5.66. The average Bonchev–Trinajstić information content (AvgIpc) is 2.55. The van der Waals surface area contributed by atoms with Crippen LogP contribution in [0.2, 0.25) is 0 Å². The zero-order valence-electron chi connectivity index (χ0n) is 15.7. The van der Waals surface area contributed by atoms with Gasteiger partial charge in [-0.3, -0.25) is 4.79 Å². The Morgan fingerprint density at radius 3 is 1.54 bits per heavy atom. The molecule has 0 rings (SSSR count). The van der Waals surface area contributed by atoms with E-state index in [0.717, 1.165) is 57.8 Å². The minimum absolute atomic E-state index is 0.254. The van der Waals surface area contributed by atoms with Crippen LogP contribution in [0.5, 0.6) is 0 Å². The summed E-state index contributed by atoms with van der Waals surface area (Å²) in [6.07, 6.45) is 15.0. The van der Waals surface area contributed by atoms with Gasteiger partial charge in [-0.25, -0.2) is 0 Å². The summed E-state index contributed by atoms with van der Waals surface area (Å²) in [5.41, 5.74) is 0. The topological polar surface area (TPSA) is 77.8 Å². The highest BCUT2D eigenvalue weighted by Crippen LogP contribution is 2.15. The first-order chi connectivity index (χ1) is 11.6. The highest BCUT2D eigenvalue weighted by Gasteiger charge is 2.09. The van der Waals surface area contributed by atoms with Gasteiger partial charge in [-0.1, -0.05) is 71.1 Å². The zero-order valence-corrected chi connectivity index (χ0v) is 15.7. The lowest BCUT2D eigenvalue weighted by molar-refractivity contribution is -0.137. The molecule has 0 radical (unpaired) electrons. The molecular weight excluding hydrogens is 304 g/mol. The van der Waals surface area contributed by atoms with Crippen molar-refractivity contribution in [2.45, 2.75) is 122 Å². The van der Waals surface area contributed by atoms with Gasteiger partial charge in [0, 0.05) is 6.42 Å². The summed E-state index contributed by atoms with van der Waals surface area (Å²) < 4.78 is 0. The van der Waals surface area contributed by atoms with Crippen molar-refractivity contribution in [1.82, 2.24) is 0 Å². The molecule has 0 aliphatic rings. The van der Waals surface area contributed by atoms with Crippen LogP contribution in [0.15, 0.2) is 0 Å². The molecular formula is C20H40O4. The van der Waals surface area contributed by atoms with Crippen LogP contribution in [-0.4, -0.2) is 33.5 Å². The molecule has 4 nitrogen and oxygen atoms in total. The van der Waals surface area contributed by atoms with Crippen LogP contribution in [0.1, 0.15) is 110 Å². The minimum atomic E-state index is -0.707. The fraction of sp³-hybridized carbons (Fsp3) is 0.950. The van der Waals surface area contributed by atoms with Crippen LogP contribution in [-0.2, 0) is 4.79 Å². The molecule has 0 saturated heterocycles. The molecule has 0 fully saturated rings. The second kappa shape index (κ2) is 17.2. The summed E-state index contributed by atoms with van der Waals surface area (Å²) >= 11 is 0. The third kappa shape index (κ3) is 17.7. The van der Waals surface area contributed by atoms with Crippen LogP contribution in [0.25, 0.3) is 0 Å². The number of carbonyl (C=O) groups is 1. The number of aliphatic hydroxyl groups is 2.